The molecule has 0 saturated carbocycles. The highest BCUT2D eigenvalue weighted by atomic mass is 31.2. The van der Waals surface area contributed by atoms with E-state index in [0.717, 1.165) is 14.2 Å². The fourth-order valence-electron chi connectivity index (χ4n) is 1.04. The molecule has 0 aromatic heterocycles. The third-order valence-corrected chi connectivity index (χ3v) is 3.69. The van der Waals surface area contributed by atoms with Crippen LogP contribution in [0.15, 0.2) is 0 Å². The van der Waals surface area contributed by atoms with E-state index in [1.54, 1.807) is 0 Å². The first kappa shape index (κ1) is 15.5. The van der Waals surface area contributed by atoms with Crippen LogP contribution in [0.4, 0.5) is 0 Å². The lowest BCUT2D eigenvalue weighted by Gasteiger charge is -2.33. The molecule has 0 aromatic carbocycles. The Balaban J connectivity index is 5.37. The summed E-state index contributed by atoms with van der Waals surface area (Å²) in [5.74, 6) is -1.73. The summed E-state index contributed by atoms with van der Waals surface area (Å²) in [5.41, 5.74) is -3.72. The minimum absolute atomic E-state index is 0.951. The molecule has 0 saturated heterocycles. The van der Waals surface area contributed by atoms with Crippen molar-refractivity contribution in [1.82, 2.24) is 0 Å². The second kappa shape index (κ2) is 4.81. The van der Waals surface area contributed by atoms with Crippen LogP contribution in [0.25, 0.3) is 0 Å². The van der Waals surface area contributed by atoms with Gasteiger partial charge in [-0.05, 0) is 20.8 Å². The SMILES string of the molecule is COC(OC)(C(=O)O)P(=O)(O)OC(C)(C)C. The summed E-state index contributed by atoms with van der Waals surface area (Å²) >= 11 is 0. The zero-order valence-electron chi connectivity index (χ0n) is 9.88. The van der Waals surface area contributed by atoms with Gasteiger partial charge in [0.25, 0.3) is 0 Å². The first-order valence-electron chi connectivity index (χ1n) is 4.40. The molecule has 96 valence electrons. The van der Waals surface area contributed by atoms with Gasteiger partial charge in [-0.1, -0.05) is 0 Å². The van der Waals surface area contributed by atoms with E-state index in [9.17, 15) is 14.3 Å². The Morgan fingerprint density at radius 2 is 1.56 bits per heavy atom. The number of methoxy groups -OCH3 is 2. The van der Waals surface area contributed by atoms with Crippen molar-refractivity contribution in [2.75, 3.05) is 14.2 Å². The first-order valence-corrected chi connectivity index (χ1v) is 5.97. The Labute approximate surface area is 93.8 Å². The summed E-state index contributed by atoms with van der Waals surface area (Å²) in [6.45, 7) is 4.52. The van der Waals surface area contributed by atoms with Gasteiger partial charge < -0.3 is 19.5 Å². The maximum Gasteiger partial charge on any atom is 0.400 e. The van der Waals surface area contributed by atoms with Crippen LogP contribution in [0.5, 0.6) is 0 Å². The predicted molar refractivity (Wildman–Crippen MR) is 55.0 cm³/mol. The molecule has 0 spiro atoms. The molecule has 0 aliphatic carbocycles. The molecule has 8 heteroatoms. The van der Waals surface area contributed by atoms with Gasteiger partial charge in [0.05, 0.1) is 5.60 Å². The molecule has 0 fully saturated rings. The largest absolute Gasteiger partial charge is 0.477 e. The second-order valence-corrected chi connectivity index (χ2v) is 5.83. The van der Waals surface area contributed by atoms with Crippen LogP contribution in [0, 0.1) is 0 Å². The molecule has 0 radical (unpaired) electrons. The van der Waals surface area contributed by atoms with Crippen LogP contribution in [0.2, 0.25) is 0 Å². The normalized spacial score (nSPS) is 16.9. The van der Waals surface area contributed by atoms with E-state index in [2.05, 4.69) is 9.47 Å². The van der Waals surface area contributed by atoms with Crippen LogP contribution in [0.1, 0.15) is 20.8 Å². The Hall–Kier alpha value is -0.460. The van der Waals surface area contributed by atoms with Gasteiger partial charge in [0, 0.05) is 14.2 Å². The summed E-state index contributed by atoms with van der Waals surface area (Å²) in [7, 11) is -2.75. The van der Waals surface area contributed by atoms with Crippen molar-refractivity contribution >= 4 is 13.6 Å². The molecule has 7 nitrogen and oxygen atoms in total. The lowest BCUT2D eigenvalue weighted by molar-refractivity contribution is -0.199. The van der Waals surface area contributed by atoms with Crippen LogP contribution < -0.4 is 0 Å². The molecule has 0 amide bonds. The van der Waals surface area contributed by atoms with Gasteiger partial charge >= 0.3 is 19.1 Å². The van der Waals surface area contributed by atoms with E-state index in [4.69, 9.17) is 9.63 Å². The quantitative estimate of drug-likeness (QED) is 0.559. The summed E-state index contributed by atoms with van der Waals surface area (Å²) in [4.78, 5) is 20.6. The summed E-state index contributed by atoms with van der Waals surface area (Å²) in [5, 5.41) is 8.89. The van der Waals surface area contributed by atoms with Gasteiger partial charge in [0.2, 0.25) is 0 Å². The van der Waals surface area contributed by atoms with Gasteiger partial charge in [-0.15, -0.1) is 0 Å². The van der Waals surface area contributed by atoms with E-state index in [1.807, 2.05) is 0 Å². The Morgan fingerprint density at radius 1 is 1.19 bits per heavy atom. The molecule has 16 heavy (non-hydrogen) atoms. The molecule has 0 aliphatic heterocycles. The fourth-order valence-corrected chi connectivity index (χ4v) is 2.61. The highest BCUT2D eigenvalue weighted by molar-refractivity contribution is 7.55. The molecule has 1 unspecified atom stereocenters. The Morgan fingerprint density at radius 3 is 1.75 bits per heavy atom. The number of aliphatic carboxylic acids is 1. The van der Waals surface area contributed by atoms with Gasteiger partial charge in [-0.2, -0.15) is 0 Å². The summed E-state index contributed by atoms with van der Waals surface area (Å²) < 4.78 is 25.7. The van der Waals surface area contributed by atoms with Gasteiger partial charge in [0.1, 0.15) is 0 Å². The molecule has 1 atom stereocenters. The Kier molecular flexibility index (Phi) is 4.67. The number of hydrogen-bond acceptors (Lipinski definition) is 5. The molecular weight excluding hydrogens is 239 g/mol. The molecule has 0 heterocycles. The fraction of sp³-hybridized carbons (Fsp3) is 0.875. The molecule has 0 aromatic rings. The maximum absolute atomic E-state index is 11.9. The maximum atomic E-state index is 11.9. The zero-order valence-corrected chi connectivity index (χ0v) is 10.8. The number of hydrogen-bond donors (Lipinski definition) is 2. The number of rotatable bonds is 5. The lowest BCUT2D eigenvalue weighted by Crippen LogP contribution is -2.44. The number of carboxylic acids is 1. The van der Waals surface area contributed by atoms with Crippen LogP contribution in [-0.2, 0) is 23.4 Å². The third-order valence-electron chi connectivity index (χ3n) is 1.59. The van der Waals surface area contributed by atoms with Crippen molar-refractivity contribution in [3.05, 3.63) is 0 Å². The topological polar surface area (TPSA) is 102 Å². The average Bonchev–Trinajstić information content (AvgIpc) is 2.00. The van der Waals surface area contributed by atoms with Crippen molar-refractivity contribution in [2.24, 2.45) is 0 Å². The van der Waals surface area contributed by atoms with Crippen LogP contribution in [-0.4, -0.2) is 41.3 Å². The van der Waals surface area contributed by atoms with E-state index >= 15 is 0 Å². The number of carbonyl (C=O) groups is 1. The molecule has 0 rings (SSSR count). The summed E-state index contributed by atoms with van der Waals surface area (Å²) in [6.07, 6.45) is 0. The number of carboxylic acid groups (broad SMARTS) is 1. The van der Waals surface area contributed by atoms with Gasteiger partial charge in [-0.25, -0.2) is 4.79 Å². The minimum atomic E-state index is -4.66. The lowest BCUT2D eigenvalue weighted by atomic mass is 10.2. The van der Waals surface area contributed by atoms with Crippen molar-refractivity contribution < 1.29 is 33.4 Å². The highest BCUT2D eigenvalue weighted by Crippen LogP contribution is 2.58. The zero-order chi connectivity index (χ0) is 13.2. The van der Waals surface area contributed by atoms with Crippen LogP contribution >= 0.6 is 7.60 Å². The average molecular weight is 256 g/mol. The Bertz CT molecular complexity index is 302. The van der Waals surface area contributed by atoms with Crippen molar-refractivity contribution in [1.29, 1.82) is 0 Å². The van der Waals surface area contributed by atoms with E-state index < -0.39 is 24.7 Å². The van der Waals surface area contributed by atoms with Crippen LogP contribution in [0.3, 0.4) is 0 Å². The van der Waals surface area contributed by atoms with E-state index in [1.165, 1.54) is 20.8 Å². The minimum Gasteiger partial charge on any atom is -0.477 e. The van der Waals surface area contributed by atoms with Crippen molar-refractivity contribution in [3.8, 4) is 0 Å². The highest BCUT2D eigenvalue weighted by Gasteiger charge is 2.59. The molecule has 0 aliphatic rings. The molecule has 2 N–H and O–H groups in total. The second-order valence-electron chi connectivity index (χ2n) is 4.02. The first-order chi connectivity index (χ1) is 7.02. The van der Waals surface area contributed by atoms with Crippen molar-refractivity contribution in [2.45, 2.75) is 31.9 Å². The number of ether oxygens (including phenoxy) is 2. The van der Waals surface area contributed by atoms with E-state index in [-0.39, 0.29) is 0 Å². The predicted octanol–water partition coefficient (Wildman–Crippen LogP) is 1.02. The van der Waals surface area contributed by atoms with Gasteiger partial charge in [-0.3, -0.25) is 9.09 Å². The molecular formula is C8H17O7P. The standard InChI is InChI=1S/C8H17O7P/c1-7(2,3)15-16(11,12)8(13-4,14-5)6(9)10/h1-5H3,(H,9,10)(H,11,12). The van der Waals surface area contributed by atoms with Crippen molar-refractivity contribution in [3.63, 3.8) is 0 Å². The smallest absolute Gasteiger partial charge is 0.400 e. The van der Waals surface area contributed by atoms with E-state index in [0.29, 0.717) is 0 Å². The summed E-state index contributed by atoms with van der Waals surface area (Å²) in [6, 6.07) is 0. The monoisotopic (exact) mass is 256 g/mol. The van der Waals surface area contributed by atoms with Gasteiger partial charge in [0.15, 0.2) is 0 Å². The molecule has 0 bridgehead atoms. The third kappa shape index (κ3) is 3.02.